The summed E-state index contributed by atoms with van der Waals surface area (Å²) < 4.78 is 0. The summed E-state index contributed by atoms with van der Waals surface area (Å²) in [6.07, 6.45) is 2.48. The van der Waals surface area contributed by atoms with E-state index in [-0.39, 0.29) is 23.9 Å². The van der Waals surface area contributed by atoms with Gasteiger partial charge in [-0.1, -0.05) is 49.4 Å². The Hall–Kier alpha value is -2.66. The number of carbonyl (C=O) groups is 2. The summed E-state index contributed by atoms with van der Waals surface area (Å²) in [5.41, 5.74) is 2.61. The fraction of sp³-hybridized carbons (Fsp3) is 0.440. The Labute approximate surface area is 179 Å². The second-order valence-electron chi connectivity index (χ2n) is 8.91. The van der Waals surface area contributed by atoms with Crippen molar-refractivity contribution >= 4 is 11.8 Å². The van der Waals surface area contributed by atoms with Gasteiger partial charge >= 0.3 is 0 Å². The van der Waals surface area contributed by atoms with Crippen molar-refractivity contribution in [3.8, 4) is 11.1 Å². The summed E-state index contributed by atoms with van der Waals surface area (Å²) >= 11 is 0. The summed E-state index contributed by atoms with van der Waals surface area (Å²) in [5, 5.41) is 5.69. The molecule has 1 fully saturated rings. The van der Waals surface area contributed by atoms with Crippen LogP contribution < -0.4 is 10.6 Å². The summed E-state index contributed by atoms with van der Waals surface area (Å²) in [6.45, 7) is 9.30. The van der Waals surface area contributed by atoms with Gasteiger partial charge in [0.15, 0.2) is 0 Å². The molecule has 5 heteroatoms. The third-order valence-corrected chi connectivity index (χ3v) is 5.89. The molecule has 1 saturated heterocycles. The second-order valence-corrected chi connectivity index (χ2v) is 8.91. The minimum atomic E-state index is -0.242. The highest BCUT2D eigenvalue weighted by atomic mass is 16.2. The van der Waals surface area contributed by atoms with Crippen molar-refractivity contribution in [2.45, 2.75) is 39.2 Å². The number of piperidine rings is 1. The van der Waals surface area contributed by atoms with Gasteiger partial charge in [-0.05, 0) is 62.4 Å². The molecule has 5 nitrogen and oxygen atoms in total. The van der Waals surface area contributed by atoms with Gasteiger partial charge in [0, 0.05) is 24.2 Å². The summed E-state index contributed by atoms with van der Waals surface area (Å²) in [5.74, 6) is 0.289. The zero-order valence-corrected chi connectivity index (χ0v) is 18.3. The number of hydrogen-bond donors (Lipinski definition) is 2. The first-order valence-electron chi connectivity index (χ1n) is 10.8. The van der Waals surface area contributed by atoms with Crippen molar-refractivity contribution in [3.05, 3.63) is 60.2 Å². The highest BCUT2D eigenvalue weighted by molar-refractivity contribution is 5.96. The van der Waals surface area contributed by atoms with E-state index >= 15 is 0 Å². The van der Waals surface area contributed by atoms with E-state index in [0.717, 1.165) is 24.2 Å². The van der Waals surface area contributed by atoms with Crippen LogP contribution in [0.25, 0.3) is 11.1 Å². The molecule has 0 radical (unpaired) electrons. The maximum Gasteiger partial charge on any atom is 0.251 e. The molecule has 0 saturated carbocycles. The van der Waals surface area contributed by atoms with E-state index in [9.17, 15) is 9.59 Å². The van der Waals surface area contributed by atoms with Crippen LogP contribution in [0.3, 0.4) is 0 Å². The molecule has 2 amide bonds. The molecule has 2 aromatic rings. The molecule has 3 rings (SSSR count). The Bertz CT molecular complexity index is 846. The van der Waals surface area contributed by atoms with Crippen LogP contribution in [0.15, 0.2) is 54.6 Å². The smallest absolute Gasteiger partial charge is 0.251 e. The zero-order valence-electron chi connectivity index (χ0n) is 18.3. The number of rotatable bonds is 7. The van der Waals surface area contributed by atoms with Crippen molar-refractivity contribution in [1.82, 2.24) is 15.5 Å². The molecule has 0 spiro atoms. The molecule has 1 aliphatic heterocycles. The Morgan fingerprint density at radius 3 is 2.33 bits per heavy atom. The van der Waals surface area contributed by atoms with E-state index in [1.54, 1.807) is 12.1 Å². The normalized spacial score (nSPS) is 17.4. The topological polar surface area (TPSA) is 61.4 Å². The molecule has 2 aromatic carbocycles. The summed E-state index contributed by atoms with van der Waals surface area (Å²) in [6, 6.07) is 17.4. The van der Waals surface area contributed by atoms with Gasteiger partial charge in [-0.25, -0.2) is 0 Å². The van der Waals surface area contributed by atoms with Gasteiger partial charge < -0.3 is 10.6 Å². The van der Waals surface area contributed by atoms with Crippen molar-refractivity contribution in [2.24, 2.45) is 5.92 Å². The molecule has 0 bridgehead atoms. The van der Waals surface area contributed by atoms with Crippen LogP contribution in [0.4, 0.5) is 0 Å². The number of nitrogens with one attached hydrogen (secondary N) is 2. The predicted molar refractivity (Wildman–Crippen MR) is 121 cm³/mol. The van der Waals surface area contributed by atoms with Crippen molar-refractivity contribution in [3.63, 3.8) is 0 Å². The lowest BCUT2D eigenvalue weighted by Crippen LogP contribution is -2.55. The maximum absolute atomic E-state index is 12.4. The van der Waals surface area contributed by atoms with Gasteiger partial charge in [-0.2, -0.15) is 0 Å². The highest BCUT2D eigenvalue weighted by Gasteiger charge is 2.30. The van der Waals surface area contributed by atoms with Crippen LogP contribution in [-0.2, 0) is 4.79 Å². The first-order chi connectivity index (χ1) is 14.3. The Balaban J connectivity index is 1.45. The zero-order chi connectivity index (χ0) is 21.6. The molecule has 1 aliphatic rings. The van der Waals surface area contributed by atoms with E-state index in [1.165, 1.54) is 12.8 Å². The van der Waals surface area contributed by atoms with E-state index in [0.29, 0.717) is 18.0 Å². The molecular weight excluding hydrogens is 374 g/mol. The van der Waals surface area contributed by atoms with Crippen LogP contribution in [0.2, 0.25) is 0 Å². The third kappa shape index (κ3) is 5.92. The summed E-state index contributed by atoms with van der Waals surface area (Å²) in [4.78, 5) is 27.1. The van der Waals surface area contributed by atoms with Crippen LogP contribution in [-0.4, -0.2) is 48.4 Å². The number of nitrogens with zero attached hydrogens (tertiary/aromatic N) is 1. The van der Waals surface area contributed by atoms with E-state index in [4.69, 9.17) is 0 Å². The fourth-order valence-electron chi connectivity index (χ4n) is 3.94. The van der Waals surface area contributed by atoms with Crippen LogP contribution in [0.5, 0.6) is 0 Å². The van der Waals surface area contributed by atoms with Crippen LogP contribution in [0.1, 0.15) is 44.0 Å². The molecule has 1 heterocycles. The van der Waals surface area contributed by atoms with Crippen molar-refractivity contribution in [2.75, 3.05) is 26.2 Å². The SMILES string of the molecule is CC1CCCN(C(C)(C)CNC(=O)CNC(=O)c2ccc(-c3ccccc3)cc2)C1. The van der Waals surface area contributed by atoms with Gasteiger partial charge in [-0.15, -0.1) is 0 Å². The quantitative estimate of drug-likeness (QED) is 0.736. The molecule has 160 valence electrons. The van der Waals surface area contributed by atoms with E-state index in [1.807, 2.05) is 42.5 Å². The lowest BCUT2D eigenvalue weighted by Gasteiger charge is -2.43. The molecule has 1 atom stereocenters. The molecule has 0 aromatic heterocycles. The Morgan fingerprint density at radius 2 is 1.67 bits per heavy atom. The lowest BCUT2D eigenvalue weighted by atomic mass is 9.93. The minimum Gasteiger partial charge on any atom is -0.353 e. The average molecular weight is 408 g/mol. The number of benzene rings is 2. The van der Waals surface area contributed by atoms with Gasteiger partial charge in [-0.3, -0.25) is 14.5 Å². The average Bonchev–Trinajstić information content (AvgIpc) is 2.77. The standard InChI is InChI=1S/C25H33N3O2/c1-19-8-7-15-28(17-19)25(2,3)18-27-23(29)16-26-24(30)22-13-11-21(12-14-22)20-9-5-4-6-10-20/h4-6,9-14,19H,7-8,15-18H2,1-3H3,(H,26,30)(H,27,29). The number of likely N-dealkylation sites (tertiary alicyclic amines) is 1. The second kappa shape index (κ2) is 9.90. The number of carbonyl (C=O) groups excluding carboxylic acids is 2. The molecule has 2 N–H and O–H groups in total. The highest BCUT2D eigenvalue weighted by Crippen LogP contribution is 2.23. The Morgan fingerprint density at radius 1 is 1.00 bits per heavy atom. The largest absolute Gasteiger partial charge is 0.353 e. The van der Waals surface area contributed by atoms with Gasteiger partial charge in [0.05, 0.1) is 6.54 Å². The predicted octanol–water partition coefficient (Wildman–Crippen LogP) is 3.71. The molecule has 1 unspecified atom stereocenters. The lowest BCUT2D eigenvalue weighted by molar-refractivity contribution is -0.120. The first-order valence-corrected chi connectivity index (χ1v) is 10.8. The van der Waals surface area contributed by atoms with Crippen LogP contribution in [0, 0.1) is 5.92 Å². The minimum absolute atomic E-state index is 0.0221. The van der Waals surface area contributed by atoms with E-state index < -0.39 is 0 Å². The van der Waals surface area contributed by atoms with Crippen molar-refractivity contribution < 1.29 is 9.59 Å². The van der Waals surface area contributed by atoms with Crippen molar-refractivity contribution in [1.29, 1.82) is 0 Å². The van der Waals surface area contributed by atoms with Gasteiger partial charge in [0.25, 0.3) is 5.91 Å². The number of amides is 2. The summed E-state index contributed by atoms with van der Waals surface area (Å²) in [7, 11) is 0. The number of hydrogen-bond acceptors (Lipinski definition) is 3. The first kappa shape index (κ1) is 22.0. The molecular formula is C25H33N3O2. The monoisotopic (exact) mass is 407 g/mol. The van der Waals surface area contributed by atoms with Gasteiger partial charge in [0.2, 0.25) is 5.91 Å². The molecule has 0 aliphatic carbocycles. The fourth-order valence-corrected chi connectivity index (χ4v) is 3.94. The van der Waals surface area contributed by atoms with Crippen LogP contribution >= 0.6 is 0 Å². The van der Waals surface area contributed by atoms with Gasteiger partial charge in [0.1, 0.15) is 0 Å². The Kier molecular flexibility index (Phi) is 7.27. The maximum atomic E-state index is 12.4. The van der Waals surface area contributed by atoms with E-state index in [2.05, 4.69) is 36.3 Å². The molecule has 30 heavy (non-hydrogen) atoms. The third-order valence-electron chi connectivity index (χ3n) is 5.89.